The molecule has 1 heterocycles. The van der Waals surface area contributed by atoms with E-state index in [9.17, 15) is 4.79 Å². The van der Waals surface area contributed by atoms with E-state index < -0.39 is 0 Å². The van der Waals surface area contributed by atoms with Gasteiger partial charge in [0.05, 0.1) is 25.7 Å². The molecule has 0 spiro atoms. The van der Waals surface area contributed by atoms with Crippen molar-refractivity contribution in [2.45, 2.75) is 26.3 Å². The number of hydrogen-bond acceptors (Lipinski definition) is 3. The van der Waals surface area contributed by atoms with Gasteiger partial charge in [-0.3, -0.25) is 9.69 Å². The van der Waals surface area contributed by atoms with Crippen LogP contribution >= 0.6 is 0 Å². The third-order valence-electron chi connectivity index (χ3n) is 4.89. The van der Waals surface area contributed by atoms with E-state index in [1.165, 1.54) is 16.7 Å². The van der Waals surface area contributed by atoms with E-state index in [2.05, 4.69) is 47.5 Å². The fourth-order valence-electron chi connectivity index (χ4n) is 3.42. The van der Waals surface area contributed by atoms with Gasteiger partial charge in [-0.2, -0.15) is 0 Å². The highest BCUT2D eigenvalue weighted by atomic mass is 16.5. The Labute approximate surface area is 156 Å². The highest BCUT2D eigenvalue weighted by molar-refractivity contribution is 5.78. The van der Waals surface area contributed by atoms with Gasteiger partial charge in [0, 0.05) is 19.6 Å². The molecule has 4 nitrogen and oxygen atoms in total. The summed E-state index contributed by atoms with van der Waals surface area (Å²) in [4.78, 5) is 14.8. The number of nitrogens with one attached hydrogen (secondary N) is 1. The number of ether oxygens (including phenoxy) is 1. The first-order valence-corrected chi connectivity index (χ1v) is 9.32. The van der Waals surface area contributed by atoms with Crippen molar-refractivity contribution in [2.75, 3.05) is 32.8 Å². The average molecular weight is 352 g/mol. The van der Waals surface area contributed by atoms with Crippen LogP contribution in [0, 0.1) is 13.8 Å². The van der Waals surface area contributed by atoms with Gasteiger partial charge in [0.25, 0.3) is 0 Å². The quantitative estimate of drug-likeness (QED) is 0.869. The van der Waals surface area contributed by atoms with E-state index >= 15 is 0 Å². The molecule has 0 radical (unpaired) electrons. The first-order chi connectivity index (χ1) is 12.6. The van der Waals surface area contributed by atoms with Gasteiger partial charge in [0.1, 0.15) is 0 Å². The van der Waals surface area contributed by atoms with Gasteiger partial charge < -0.3 is 10.1 Å². The number of nitrogens with zero attached hydrogens (tertiary/aromatic N) is 1. The lowest BCUT2D eigenvalue weighted by Crippen LogP contribution is -2.44. The predicted molar refractivity (Wildman–Crippen MR) is 104 cm³/mol. The highest BCUT2D eigenvalue weighted by Gasteiger charge is 2.23. The lowest BCUT2D eigenvalue weighted by atomic mass is 10.0. The molecule has 1 aliphatic heterocycles. The third-order valence-corrected chi connectivity index (χ3v) is 4.89. The molecule has 0 bridgehead atoms. The number of aryl methyl sites for hydroxylation is 2. The summed E-state index contributed by atoms with van der Waals surface area (Å²) in [7, 11) is 0. The van der Waals surface area contributed by atoms with Gasteiger partial charge in [-0.15, -0.1) is 0 Å². The molecule has 3 rings (SSSR count). The molecule has 0 saturated carbocycles. The third kappa shape index (κ3) is 5.16. The fraction of sp³-hybridized carbons (Fsp3) is 0.409. The summed E-state index contributed by atoms with van der Waals surface area (Å²) in [6.45, 7) is 8.05. The van der Waals surface area contributed by atoms with Crippen LogP contribution < -0.4 is 5.32 Å². The number of morpholine rings is 1. The molecule has 2 aromatic carbocycles. The Morgan fingerprint density at radius 1 is 1.08 bits per heavy atom. The Morgan fingerprint density at radius 2 is 1.81 bits per heavy atom. The summed E-state index contributed by atoms with van der Waals surface area (Å²) in [5.74, 6) is 0.0703. The van der Waals surface area contributed by atoms with Crippen LogP contribution in [0.25, 0.3) is 0 Å². The summed E-state index contributed by atoms with van der Waals surface area (Å²) in [5, 5.41) is 3.14. The van der Waals surface area contributed by atoms with Crippen molar-refractivity contribution in [3.05, 3.63) is 70.8 Å². The second-order valence-electron chi connectivity index (χ2n) is 7.04. The Hall–Kier alpha value is -2.17. The van der Waals surface area contributed by atoms with Crippen molar-refractivity contribution < 1.29 is 9.53 Å². The van der Waals surface area contributed by atoms with E-state index in [0.29, 0.717) is 13.0 Å². The summed E-state index contributed by atoms with van der Waals surface area (Å²) < 4.78 is 5.49. The Kier molecular flexibility index (Phi) is 6.42. The van der Waals surface area contributed by atoms with Crippen LogP contribution in [0.4, 0.5) is 0 Å². The van der Waals surface area contributed by atoms with Gasteiger partial charge >= 0.3 is 0 Å². The van der Waals surface area contributed by atoms with Crippen molar-refractivity contribution in [1.82, 2.24) is 10.2 Å². The van der Waals surface area contributed by atoms with Gasteiger partial charge in [0.15, 0.2) is 0 Å². The van der Waals surface area contributed by atoms with Crippen LogP contribution in [-0.4, -0.2) is 43.7 Å². The molecule has 0 aromatic heterocycles. The number of amides is 1. The first-order valence-electron chi connectivity index (χ1n) is 9.32. The van der Waals surface area contributed by atoms with Crippen LogP contribution in [0.15, 0.2) is 48.5 Å². The number of hydrogen-bond donors (Lipinski definition) is 1. The van der Waals surface area contributed by atoms with Crippen molar-refractivity contribution in [2.24, 2.45) is 0 Å². The average Bonchev–Trinajstić information content (AvgIpc) is 2.64. The van der Waals surface area contributed by atoms with E-state index in [1.54, 1.807) is 0 Å². The van der Waals surface area contributed by atoms with Crippen LogP contribution in [0.2, 0.25) is 0 Å². The van der Waals surface area contributed by atoms with Crippen LogP contribution in [-0.2, 0) is 16.0 Å². The minimum Gasteiger partial charge on any atom is -0.379 e. The zero-order valence-electron chi connectivity index (χ0n) is 15.7. The lowest BCUT2D eigenvalue weighted by Gasteiger charge is -2.35. The van der Waals surface area contributed by atoms with Crippen LogP contribution in [0.1, 0.15) is 28.3 Å². The van der Waals surface area contributed by atoms with Gasteiger partial charge in [-0.1, -0.05) is 59.7 Å². The second-order valence-corrected chi connectivity index (χ2v) is 7.04. The summed E-state index contributed by atoms with van der Waals surface area (Å²) >= 11 is 0. The Balaban J connectivity index is 1.65. The zero-order chi connectivity index (χ0) is 18.4. The van der Waals surface area contributed by atoms with Crippen LogP contribution in [0.3, 0.4) is 0 Å². The van der Waals surface area contributed by atoms with Gasteiger partial charge in [0.2, 0.25) is 5.91 Å². The maximum Gasteiger partial charge on any atom is 0.224 e. The van der Waals surface area contributed by atoms with E-state index in [0.717, 1.165) is 31.9 Å². The topological polar surface area (TPSA) is 41.6 Å². The lowest BCUT2D eigenvalue weighted by molar-refractivity contribution is -0.120. The van der Waals surface area contributed by atoms with E-state index in [1.807, 2.05) is 25.1 Å². The molecule has 1 saturated heterocycles. The summed E-state index contributed by atoms with van der Waals surface area (Å²) in [6.07, 6.45) is 0.422. The van der Waals surface area contributed by atoms with Crippen molar-refractivity contribution >= 4 is 5.91 Å². The van der Waals surface area contributed by atoms with Gasteiger partial charge in [-0.25, -0.2) is 0 Å². The highest BCUT2D eigenvalue weighted by Crippen LogP contribution is 2.22. The number of benzene rings is 2. The van der Waals surface area contributed by atoms with Crippen molar-refractivity contribution in [1.29, 1.82) is 0 Å². The molecule has 1 N–H and O–H groups in total. The second kappa shape index (κ2) is 8.97. The Bertz CT molecular complexity index is 721. The minimum absolute atomic E-state index is 0.0703. The molecular weight excluding hydrogens is 324 g/mol. The predicted octanol–water partition coefficient (Wildman–Crippen LogP) is 3.04. The van der Waals surface area contributed by atoms with Gasteiger partial charge in [-0.05, 0) is 25.0 Å². The van der Waals surface area contributed by atoms with Crippen LogP contribution in [0.5, 0.6) is 0 Å². The van der Waals surface area contributed by atoms with E-state index in [4.69, 9.17) is 4.74 Å². The molecule has 26 heavy (non-hydrogen) atoms. The number of rotatable bonds is 6. The summed E-state index contributed by atoms with van der Waals surface area (Å²) in [5.41, 5.74) is 4.73. The first kappa shape index (κ1) is 18.6. The fourth-order valence-corrected chi connectivity index (χ4v) is 3.42. The molecule has 1 amide bonds. The smallest absolute Gasteiger partial charge is 0.224 e. The SMILES string of the molecule is Cc1ccc(C(CNC(=O)Cc2cccc(C)c2)N2CCOCC2)cc1. The molecule has 2 aromatic rings. The maximum atomic E-state index is 12.4. The molecule has 1 aliphatic rings. The normalized spacial score (nSPS) is 16.2. The van der Waals surface area contributed by atoms with E-state index in [-0.39, 0.29) is 11.9 Å². The monoisotopic (exact) mass is 352 g/mol. The zero-order valence-corrected chi connectivity index (χ0v) is 15.7. The standard InChI is InChI=1S/C22H28N2O2/c1-17-6-8-20(9-7-17)21(24-10-12-26-13-11-24)16-23-22(25)15-19-5-3-4-18(2)14-19/h3-9,14,21H,10-13,15-16H2,1-2H3,(H,23,25). The van der Waals surface area contributed by atoms with Crippen molar-refractivity contribution in [3.63, 3.8) is 0 Å². The molecule has 4 heteroatoms. The molecular formula is C22H28N2O2. The summed E-state index contributed by atoms with van der Waals surface area (Å²) in [6, 6.07) is 16.9. The molecule has 1 fully saturated rings. The largest absolute Gasteiger partial charge is 0.379 e. The Morgan fingerprint density at radius 3 is 2.50 bits per heavy atom. The van der Waals surface area contributed by atoms with Crippen molar-refractivity contribution in [3.8, 4) is 0 Å². The molecule has 1 unspecified atom stereocenters. The molecule has 138 valence electrons. The number of carbonyl (C=O) groups excluding carboxylic acids is 1. The number of carbonyl (C=O) groups is 1. The maximum absolute atomic E-state index is 12.4. The minimum atomic E-state index is 0.0703. The molecule has 1 atom stereocenters. The molecule has 0 aliphatic carbocycles.